The van der Waals surface area contributed by atoms with E-state index in [9.17, 15) is 4.39 Å². The summed E-state index contributed by atoms with van der Waals surface area (Å²) in [7, 11) is 1.58. The number of rotatable bonds is 7. The number of terminal acetylenes is 1. The number of halogens is 2. The first-order valence-corrected chi connectivity index (χ1v) is 11.4. The maximum absolute atomic E-state index is 15.1. The van der Waals surface area contributed by atoms with Crippen LogP contribution in [0.15, 0.2) is 35.7 Å². The maximum atomic E-state index is 15.1. The van der Waals surface area contributed by atoms with Crippen LogP contribution in [0.3, 0.4) is 0 Å². The lowest BCUT2D eigenvalue weighted by Crippen LogP contribution is -2.43. The van der Waals surface area contributed by atoms with Crippen molar-refractivity contribution in [2.45, 2.75) is 30.6 Å². The molecule has 1 aromatic carbocycles. The molecular formula is C24H24F2N6O2S. The average molecular weight is 499 g/mol. The number of fused-ring (bicyclic) bond motifs is 1. The maximum Gasteiger partial charge on any atom is 0.164 e. The molecule has 3 N–H and O–H groups in total. The quantitative estimate of drug-likeness (QED) is 0.468. The molecule has 11 heteroatoms. The van der Waals surface area contributed by atoms with E-state index in [2.05, 4.69) is 31.2 Å². The number of nitrogens with two attached hydrogens (primary N) is 1. The van der Waals surface area contributed by atoms with Gasteiger partial charge < -0.3 is 20.5 Å². The molecule has 0 unspecified atom stereocenters. The third-order valence-electron chi connectivity index (χ3n) is 5.52. The first-order valence-electron chi connectivity index (χ1n) is 10.6. The molecule has 4 rings (SSSR count). The van der Waals surface area contributed by atoms with Gasteiger partial charge in [0.15, 0.2) is 22.6 Å². The summed E-state index contributed by atoms with van der Waals surface area (Å²) in [6, 6.07) is 4.23. The van der Waals surface area contributed by atoms with Gasteiger partial charge in [-0.1, -0.05) is 17.7 Å². The van der Waals surface area contributed by atoms with Gasteiger partial charge in [-0.25, -0.2) is 23.7 Å². The summed E-state index contributed by atoms with van der Waals surface area (Å²) in [6.45, 7) is 4.15. The number of thioether (sulfide) groups is 1. The third kappa shape index (κ3) is 5.13. The molecule has 3 aromatic rings. The van der Waals surface area contributed by atoms with Crippen molar-refractivity contribution in [3.8, 4) is 18.1 Å². The summed E-state index contributed by atoms with van der Waals surface area (Å²) < 4.78 is 40.1. The molecule has 182 valence electrons. The van der Waals surface area contributed by atoms with E-state index >= 15 is 4.39 Å². The summed E-state index contributed by atoms with van der Waals surface area (Å²) in [5.41, 5.74) is 6.23. The Morgan fingerprint density at radius 3 is 2.77 bits per heavy atom. The van der Waals surface area contributed by atoms with Crippen LogP contribution in [0.4, 0.5) is 20.3 Å². The van der Waals surface area contributed by atoms with Crippen molar-refractivity contribution >= 4 is 39.5 Å². The van der Waals surface area contributed by atoms with Crippen LogP contribution < -0.4 is 15.8 Å². The molecule has 0 amide bonds. The Bertz CT molecular complexity index is 1350. The highest BCUT2D eigenvalue weighted by Gasteiger charge is 2.44. The van der Waals surface area contributed by atoms with Gasteiger partial charge in [0.1, 0.15) is 24.2 Å². The molecule has 0 saturated carbocycles. The molecule has 0 spiro atoms. The SMILES string of the molecule is C#CCOc1cnc2c(Nc3cc(F)c(F)c([C@]4(C)C[C@](C)(COC)SC(N)=N4)c3)ncnc2c1. The van der Waals surface area contributed by atoms with Crippen LogP contribution >= 0.6 is 11.8 Å². The number of anilines is 2. The molecule has 0 saturated heterocycles. The van der Waals surface area contributed by atoms with Gasteiger partial charge in [-0.05, 0) is 26.3 Å². The van der Waals surface area contributed by atoms with Gasteiger partial charge in [0, 0.05) is 35.2 Å². The van der Waals surface area contributed by atoms with Gasteiger partial charge in [0.2, 0.25) is 0 Å². The molecule has 0 fully saturated rings. The summed E-state index contributed by atoms with van der Waals surface area (Å²) in [6.07, 6.45) is 8.43. The van der Waals surface area contributed by atoms with Crippen LogP contribution in [0.5, 0.6) is 5.75 Å². The number of nitrogens with zero attached hydrogens (tertiary/aromatic N) is 4. The Morgan fingerprint density at radius 1 is 1.23 bits per heavy atom. The Balaban J connectivity index is 1.72. The number of pyridine rings is 1. The van der Waals surface area contributed by atoms with Crippen LogP contribution in [0.25, 0.3) is 11.0 Å². The fourth-order valence-electron chi connectivity index (χ4n) is 4.27. The topological polar surface area (TPSA) is 108 Å². The standard InChI is InChI=1S/C24H24F2N6O2S/c1-5-6-34-15-9-18-20(28-10-15)21(30-13-29-18)31-14-7-16(19(26)17(25)8-14)24(3)11-23(2,12-33-4)35-22(27)32-24/h1,7-10,13H,6,11-12H2,2-4H3,(H2,27,32)(H,29,30,31)/t23-,24+/m1/s1. The van der Waals surface area contributed by atoms with Crippen molar-refractivity contribution in [3.63, 3.8) is 0 Å². The number of ether oxygens (including phenoxy) is 2. The van der Waals surface area contributed by atoms with Crippen molar-refractivity contribution in [3.05, 3.63) is 47.9 Å². The average Bonchev–Trinajstić information content (AvgIpc) is 2.79. The first-order chi connectivity index (χ1) is 16.7. The molecule has 0 aliphatic carbocycles. The van der Waals surface area contributed by atoms with Crippen molar-refractivity contribution in [1.29, 1.82) is 0 Å². The second kappa shape index (κ2) is 9.64. The van der Waals surface area contributed by atoms with Crippen LogP contribution in [0.1, 0.15) is 25.8 Å². The van der Waals surface area contributed by atoms with Gasteiger partial charge in [-0.3, -0.25) is 4.99 Å². The van der Waals surface area contributed by atoms with Crippen LogP contribution in [0.2, 0.25) is 0 Å². The number of aliphatic imine (C=N–C) groups is 1. The van der Waals surface area contributed by atoms with E-state index in [1.165, 1.54) is 30.4 Å². The second-order valence-electron chi connectivity index (χ2n) is 8.58. The largest absolute Gasteiger partial charge is 0.479 e. The van der Waals surface area contributed by atoms with Gasteiger partial charge in [0.25, 0.3) is 0 Å². The van der Waals surface area contributed by atoms with E-state index in [0.717, 1.165) is 6.07 Å². The Kier molecular flexibility index (Phi) is 6.78. The highest BCUT2D eigenvalue weighted by atomic mass is 32.2. The minimum atomic E-state index is -1.11. The molecule has 2 aromatic heterocycles. The zero-order valence-electron chi connectivity index (χ0n) is 19.4. The van der Waals surface area contributed by atoms with Crippen LogP contribution in [0, 0.1) is 24.0 Å². The lowest BCUT2D eigenvalue weighted by Gasteiger charge is -2.41. The fraction of sp³-hybridized carbons (Fsp3) is 0.333. The summed E-state index contributed by atoms with van der Waals surface area (Å²) in [5, 5.41) is 3.31. The van der Waals surface area contributed by atoms with Gasteiger partial charge in [0.05, 0.1) is 23.9 Å². The smallest absolute Gasteiger partial charge is 0.164 e. The molecule has 0 bridgehead atoms. The van der Waals surface area contributed by atoms with E-state index in [-0.39, 0.29) is 23.0 Å². The molecule has 0 radical (unpaired) electrons. The molecule has 1 aliphatic heterocycles. The van der Waals surface area contributed by atoms with Crippen LogP contribution in [-0.4, -0.2) is 45.2 Å². The Morgan fingerprint density at radius 2 is 2.03 bits per heavy atom. The number of benzene rings is 1. The monoisotopic (exact) mass is 498 g/mol. The third-order valence-corrected chi connectivity index (χ3v) is 6.57. The second-order valence-corrected chi connectivity index (χ2v) is 10.2. The Hall–Kier alpha value is -3.49. The summed E-state index contributed by atoms with van der Waals surface area (Å²) in [4.78, 5) is 17.3. The van der Waals surface area contributed by atoms with Gasteiger partial charge >= 0.3 is 0 Å². The molecular weight excluding hydrogens is 474 g/mol. The number of amidine groups is 1. The minimum absolute atomic E-state index is 0.0712. The zero-order chi connectivity index (χ0) is 25.2. The number of nitrogens with one attached hydrogen (secondary N) is 1. The number of methoxy groups -OCH3 is 1. The highest BCUT2D eigenvalue weighted by molar-refractivity contribution is 8.15. The molecule has 35 heavy (non-hydrogen) atoms. The minimum Gasteiger partial charge on any atom is -0.479 e. The summed E-state index contributed by atoms with van der Waals surface area (Å²) >= 11 is 1.36. The van der Waals surface area contributed by atoms with Crippen molar-refractivity contribution < 1.29 is 18.3 Å². The predicted octanol–water partition coefficient (Wildman–Crippen LogP) is 4.13. The number of hydrogen-bond donors (Lipinski definition) is 2. The Labute approximate surface area is 205 Å². The van der Waals surface area contributed by atoms with Gasteiger partial charge in [-0.2, -0.15) is 0 Å². The normalized spacial score (nSPS) is 21.9. The van der Waals surface area contributed by atoms with E-state index in [1.807, 2.05) is 6.92 Å². The lowest BCUT2D eigenvalue weighted by molar-refractivity contribution is 0.157. The van der Waals surface area contributed by atoms with Crippen molar-refractivity contribution in [2.75, 3.05) is 25.6 Å². The molecule has 1 aliphatic rings. The van der Waals surface area contributed by atoms with Crippen LogP contribution in [-0.2, 0) is 10.3 Å². The fourth-order valence-corrected chi connectivity index (χ4v) is 5.56. The van der Waals surface area contributed by atoms with E-state index < -0.39 is 21.9 Å². The van der Waals surface area contributed by atoms with E-state index in [0.29, 0.717) is 35.6 Å². The molecule has 8 nitrogen and oxygen atoms in total. The van der Waals surface area contributed by atoms with E-state index in [1.54, 1.807) is 20.1 Å². The number of hydrogen-bond acceptors (Lipinski definition) is 9. The van der Waals surface area contributed by atoms with Crippen molar-refractivity contribution in [1.82, 2.24) is 15.0 Å². The molecule has 2 atom stereocenters. The molecule has 3 heterocycles. The number of aromatic nitrogens is 3. The van der Waals surface area contributed by atoms with Gasteiger partial charge in [-0.15, -0.1) is 6.42 Å². The van der Waals surface area contributed by atoms with E-state index in [4.69, 9.17) is 21.6 Å². The highest BCUT2D eigenvalue weighted by Crippen LogP contribution is 2.46. The first kappa shape index (κ1) is 24.6. The lowest BCUT2D eigenvalue weighted by atomic mass is 9.83. The predicted molar refractivity (Wildman–Crippen MR) is 133 cm³/mol. The zero-order valence-corrected chi connectivity index (χ0v) is 20.2. The van der Waals surface area contributed by atoms with Crippen molar-refractivity contribution in [2.24, 2.45) is 10.7 Å². The summed E-state index contributed by atoms with van der Waals surface area (Å²) in [5.74, 6) is 1.14.